The van der Waals surface area contributed by atoms with Gasteiger partial charge in [-0.1, -0.05) is 29.8 Å². The van der Waals surface area contributed by atoms with Gasteiger partial charge in [-0.2, -0.15) is 4.31 Å². The molecule has 1 aliphatic heterocycles. The minimum absolute atomic E-state index is 0.0499. The number of nitrogens with zero attached hydrogens (tertiary/aromatic N) is 1. The fourth-order valence-corrected chi connectivity index (χ4v) is 5.37. The first-order valence-corrected chi connectivity index (χ1v) is 12.2. The number of hydrogen-bond donors (Lipinski definition) is 1. The third kappa shape index (κ3) is 6.68. The van der Waals surface area contributed by atoms with Gasteiger partial charge in [0.1, 0.15) is 4.90 Å². The number of esters is 1. The number of ether oxygens (including phenoxy) is 2. The number of sulfonamides is 1. The Hall–Kier alpha value is -2.11. The van der Waals surface area contributed by atoms with Crippen LogP contribution in [0.1, 0.15) is 0 Å². The van der Waals surface area contributed by atoms with Gasteiger partial charge in [0.05, 0.1) is 24.0 Å². The molecule has 1 amide bonds. The molecule has 0 spiro atoms. The predicted molar refractivity (Wildman–Crippen MR) is 118 cm³/mol. The van der Waals surface area contributed by atoms with Crippen molar-refractivity contribution in [3.8, 4) is 0 Å². The number of carbonyl (C=O) groups is 2. The SMILES string of the molecule is O=C(COC(=O)CSc1ccccc1)Nc1ccc(Cl)c(S(=O)(=O)N2CCOCC2)c1. The van der Waals surface area contributed by atoms with Crippen LogP contribution in [-0.2, 0) is 29.1 Å². The highest BCUT2D eigenvalue weighted by molar-refractivity contribution is 8.00. The topological polar surface area (TPSA) is 102 Å². The minimum atomic E-state index is -3.83. The van der Waals surface area contributed by atoms with Gasteiger partial charge in [0.25, 0.3) is 5.91 Å². The van der Waals surface area contributed by atoms with Gasteiger partial charge in [-0.05, 0) is 30.3 Å². The molecule has 1 heterocycles. The number of morpholine rings is 1. The van der Waals surface area contributed by atoms with Crippen LogP contribution in [-0.4, -0.2) is 63.3 Å². The van der Waals surface area contributed by atoms with E-state index in [0.29, 0.717) is 13.2 Å². The Morgan fingerprint density at radius 1 is 1.13 bits per heavy atom. The van der Waals surface area contributed by atoms with Gasteiger partial charge >= 0.3 is 5.97 Å². The number of amides is 1. The zero-order valence-corrected chi connectivity index (χ0v) is 18.8. The van der Waals surface area contributed by atoms with Crippen molar-refractivity contribution in [2.45, 2.75) is 9.79 Å². The van der Waals surface area contributed by atoms with Crippen LogP contribution < -0.4 is 5.32 Å². The smallest absolute Gasteiger partial charge is 0.316 e. The molecule has 31 heavy (non-hydrogen) atoms. The van der Waals surface area contributed by atoms with E-state index in [0.717, 1.165) is 4.90 Å². The number of halogens is 1. The summed E-state index contributed by atoms with van der Waals surface area (Å²) >= 11 is 7.41. The number of hydrogen-bond acceptors (Lipinski definition) is 7. The van der Waals surface area contributed by atoms with Gasteiger partial charge in [-0.15, -0.1) is 11.8 Å². The molecule has 166 valence electrons. The molecule has 0 bridgehead atoms. The Balaban J connectivity index is 1.55. The second kappa shape index (κ2) is 11.0. The predicted octanol–water partition coefficient (Wildman–Crippen LogP) is 2.63. The Kier molecular flexibility index (Phi) is 8.33. The summed E-state index contributed by atoms with van der Waals surface area (Å²) in [5.41, 5.74) is 0.232. The third-order valence-electron chi connectivity index (χ3n) is 4.27. The largest absolute Gasteiger partial charge is 0.455 e. The van der Waals surface area contributed by atoms with E-state index in [2.05, 4.69) is 5.32 Å². The number of thioether (sulfide) groups is 1. The van der Waals surface area contributed by atoms with E-state index in [1.165, 1.54) is 34.3 Å². The molecule has 1 fully saturated rings. The van der Waals surface area contributed by atoms with Gasteiger partial charge < -0.3 is 14.8 Å². The van der Waals surface area contributed by atoms with Crippen LogP contribution >= 0.6 is 23.4 Å². The highest BCUT2D eigenvalue weighted by Gasteiger charge is 2.28. The molecule has 1 N–H and O–H groups in total. The van der Waals surface area contributed by atoms with Crippen LogP contribution in [0.4, 0.5) is 5.69 Å². The summed E-state index contributed by atoms with van der Waals surface area (Å²) in [6, 6.07) is 13.5. The van der Waals surface area contributed by atoms with Crippen LogP contribution in [0, 0.1) is 0 Å². The quantitative estimate of drug-likeness (QED) is 0.454. The van der Waals surface area contributed by atoms with E-state index >= 15 is 0 Å². The number of carbonyl (C=O) groups excluding carboxylic acids is 2. The first-order chi connectivity index (χ1) is 14.9. The third-order valence-corrected chi connectivity index (χ3v) is 7.63. The molecular weight excluding hydrogens is 464 g/mol. The second-order valence-electron chi connectivity index (χ2n) is 6.47. The summed E-state index contributed by atoms with van der Waals surface area (Å²) in [6.07, 6.45) is 0. The summed E-state index contributed by atoms with van der Waals surface area (Å²) in [6.45, 7) is 0.586. The van der Waals surface area contributed by atoms with E-state index in [1.807, 2.05) is 30.3 Å². The van der Waals surface area contributed by atoms with Gasteiger partial charge in [-0.25, -0.2) is 8.42 Å². The van der Waals surface area contributed by atoms with Crippen molar-refractivity contribution in [2.24, 2.45) is 0 Å². The maximum Gasteiger partial charge on any atom is 0.316 e. The molecule has 0 atom stereocenters. The van der Waals surface area contributed by atoms with Gasteiger partial charge in [0, 0.05) is 23.7 Å². The van der Waals surface area contributed by atoms with Crippen LogP contribution in [0.5, 0.6) is 0 Å². The fourth-order valence-electron chi connectivity index (χ4n) is 2.75. The molecule has 8 nitrogen and oxygen atoms in total. The molecule has 2 aromatic rings. The number of rotatable bonds is 8. The van der Waals surface area contributed by atoms with Crippen molar-refractivity contribution in [1.29, 1.82) is 0 Å². The Labute approximate surface area is 189 Å². The highest BCUT2D eigenvalue weighted by atomic mass is 35.5. The molecule has 0 aliphatic carbocycles. The van der Waals surface area contributed by atoms with Crippen molar-refractivity contribution in [3.63, 3.8) is 0 Å². The molecule has 0 saturated carbocycles. The molecular formula is C20H21ClN2O6S2. The molecule has 3 rings (SSSR count). The lowest BCUT2D eigenvalue weighted by atomic mass is 10.3. The van der Waals surface area contributed by atoms with Crippen molar-refractivity contribution in [1.82, 2.24) is 4.31 Å². The van der Waals surface area contributed by atoms with Crippen molar-refractivity contribution < 1.29 is 27.5 Å². The van der Waals surface area contributed by atoms with E-state index in [9.17, 15) is 18.0 Å². The van der Waals surface area contributed by atoms with Crippen molar-refractivity contribution >= 4 is 50.9 Å². The summed E-state index contributed by atoms with van der Waals surface area (Å²) in [4.78, 5) is 24.8. The lowest BCUT2D eigenvalue weighted by Crippen LogP contribution is -2.40. The normalized spacial score (nSPS) is 14.7. The molecule has 0 aromatic heterocycles. The monoisotopic (exact) mass is 484 g/mol. The summed E-state index contributed by atoms with van der Waals surface area (Å²) in [5.74, 6) is -1.05. The standard InChI is InChI=1S/C20H21ClN2O6S2/c21-17-7-6-15(12-18(17)31(26,27)23-8-10-28-11-9-23)22-19(24)13-29-20(25)14-30-16-4-2-1-3-5-16/h1-7,12H,8-11,13-14H2,(H,22,24). The lowest BCUT2D eigenvalue weighted by Gasteiger charge is -2.26. The van der Waals surface area contributed by atoms with Gasteiger partial charge in [0.2, 0.25) is 10.0 Å². The van der Waals surface area contributed by atoms with Crippen LogP contribution in [0.2, 0.25) is 5.02 Å². The average Bonchev–Trinajstić information content (AvgIpc) is 2.78. The maximum atomic E-state index is 12.9. The molecule has 0 radical (unpaired) electrons. The number of anilines is 1. The fraction of sp³-hybridized carbons (Fsp3) is 0.300. The van der Waals surface area contributed by atoms with Gasteiger partial charge in [-0.3, -0.25) is 9.59 Å². The van der Waals surface area contributed by atoms with Gasteiger partial charge in [0.15, 0.2) is 6.61 Å². The van der Waals surface area contributed by atoms with Crippen LogP contribution in [0.15, 0.2) is 58.3 Å². The summed E-state index contributed by atoms with van der Waals surface area (Å²) < 4.78 is 37.2. The maximum absolute atomic E-state index is 12.9. The first kappa shape index (κ1) is 23.6. The highest BCUT2D eigenvalue weighted by Crippen LogP contribution is 2.28. The zero-order chi connectivity index (χ0) is 22.3. The second-order valence-corrected chi connectivity index (χ2v) is 9.83. The molecule has 11 heteroatoms. The Bertz CT molecular complexity index is 1030. The van der Waals surface area contributed by atoms with E-state index in [-0.39, 0.29) is 34.4 Å². The molecule has 1 saturated heterocycles. The van der Waals surface area contributed by atoms with Crippen LogP contribution in [0.25, 0.3) is 0 Å². The molecule has 0 unspecified atom stereocenters. The minimum Gasteiger partial charge on any atom is -0.455 e. The first-order valence-electron chi connectivity index (χ1n) is 9.37. The lowest BCUT2D eigenvalue weighted by molar-refractivity contribution is -0.144. The zero-order valence-electron chi connectivity index (χ0n) is 16.5. The van der Waals surface area contributed by atoms with Crippen molar-refractivity contribution in [3.05, 3.63) is 53.6 Å². The summed E-state index contributed by atoms with van der Waals surface area (Å²) in [5, 5.41) is 2.57. The van der Waals surface area contributed by atoms with E-state index in [1.54, 1.807) is 0 Å². The average molecular weight is 485 g/mol. The van der Waals surface area contributed by atoms with E-state index < -0.39 is 28.5 Å². The molecule has 1 aliphatic rings. The number of benzene rings is 2. The Morgan fingerprint density at radius 3 is 2.55 bits per heavy atom. The summed E-state index contributed by atoms with van der Waals surface area (Å²) in [7, 11) is -3.83. The van der Waals surface area contributed by atoms with Crippen LogP contribution in [0.3, 0.4) is 0 Å². The Morgan fingerprint density at radius 2 is 1.84 bits per heavy atom. The van der Waals surface area contributed by atoms with Crippen molar-refractivity contribution in [2.75, 3.05) is 44.0 Å². The number of nitrogens with one attached hydrogen (secondary N) is 1. The molecule has 2 aromatic carbocycles. The van der Waals surface area contributed by atoms with E-state index in [4.69, 9.17) is 21.1 Å².